The number of rotatable bonds is 6. The molecule has 0 aliphatic rings. The lowest BCUT2D eigenvalue weighted by atomic mass is 10.0. The van der Waals surface area contributed by atoms with Gasteiger partial charge in [-0.05, 0) is 31.0 Å². The van der Waals surface area contributed by atoms with Gasteiger partial charge in [-0.1, -0.05) is 31.6 Å². The van der Waals surface area contributed by atoms with Gasteiger partial charge in [0, 0.05) is 25.6 Å². The summed E-state index contributed by atoms with van der Waals surface area (Å²) in [7, 11) is 1.62. The zero-order valence-electron chi connectivity index (χ0n) is 13.7. The molecule has 0 aromatic heterocycles. The molecule has 4 nitrogen and oxygen atoms in total. The first-order valence-corrected chi connectivity index (χ1v) is 7.50. The van der Waals surface area contributed by atoms with Crippen molar-refractivity contribution in [3.8, 4) is 6.07 Å². The van der Waals surface area contributed by atoms with Crippen LogP contribution in [-0.2, 0) is 11.2 Å². The minimum Gasteiger partial charge on any atom is -0.341 e. The van der Waals surface area contributed by atoms with Crippen LogP contribution in [0.2, 0.25) is 0 Å². The third kappa shape index (κ3) is 4.85. The Morgan fingerprint density at radius 1 is 1.32 bits per heavy atom. The summed E-state index contributed by atoms with van der Waals surface area (Å²) < 4.78 is 0. The average molecular weight is 297 g/mol. The Bertz CT molecular complexity index is 636. The van der Waals surface area contributed by atoms with Crippen molar-refractivity contribution in [1.29, 1.82) is 5.26 Å². The van der Waals surface area contributed by atoms with Crippen LogP contribution in [0.15, 0.2) is 40.5 Å². The molecule has 1 aromatic carbocycles. The molecule has 0 amide bonds. The first-order valence-electron chi connectivity index (χ1n) is 7.50. The van der Waals surface area contributed by atoms with Gasteiger partial charge in [-0.15, -0.1) is 0 Å². The molecule has 0 fully saturated rings. The topological polar surface area (TPSA) is 65.2 Å². The molecular weight excluding hydrogens is 274 g/mol. The molecule has 1 rings (SSSR count). The largest absolute Gasteiger partial charge is 0.341 e. The number of allylic oxidation sites excluding steroid dienone is 2. The Hall–Kier alpha value is -2.41. The van der Waals surface area contributed by atoms with Gasteiger partial charge in [-0.25, -0.2) is 0 Å². The second kappa shape index (κ2) is 8.78. The van der Waals surface area contributed by atoms with Crippen LogP contribution >= 0.6 is 0 Å². The van der Waals surface area contributed by atoms with Gasteiger partial charge < -0.3 is 5.32 Å². The summed E-state index contributed by atoms with van der Waals surface area (Å²) in [6, 6.07) is 9.66. The first kappa shape index (κ1) is 17.6. The predicted octanol–water partition coefficient (Wildman–Crippen LogP) is 3.38. The summed E-state index contributed by atoms with van der Waals surface area (Å²) in [5.74, 6) is 0.386. The molecule has 0 unspecified atom stereocenters. The maximum absolute atomic E-state index is 11.9. The predicted molar refractivity (Wildman–Crippen MR) is 89.6 cm³/mol. The fraction of sp³-hybridized carbons (Fsp3) is 0.389. The lowest BCUT2D eigenvalue weighted by molar-refractivity contribution is -0.112. The maximum Gasteiger partial charge on any atom is 0.197 e. The molecule has 116 valence electrons. The molecule has 0 spiro atoms. The third-order valence-electron chi connectivity index (χ3n) is 3.56. The highest BCUT2D eigenvalue weighted by Crippen LogP contribution is 2.14. The van der Waals surface area contributed by atoms with E-state index >= 15 is 0 Å². The highest BCUT2D eigenvalue weighted by Gasteiger charge is 2.12. The van der Waals surface area contributed by atoms with Crippen molar-refractivity contribution in [3.63, 3.8) is 0 Å². The monoisotopic (exact) mass is 297 g/mol. The number of amidine groups is 1. The molecule has 0 radical (unpaired) electrons. The van der Waals surface area contributed by atoms with Crippen LogP contribution < -0.4 is 5.32 Å². The Morgan fingerprint density at radius 3 is 2.59 bits per heavy atom. The molecule has 0 saturated carbocycles. The second-order valence-electron chi connectivity index (χ2n) is 5.08. The van der Waals surface area contributed by atoms with Crippen LogP contribution in [0.4, 0.5) is 0 Å². The zero-order valence-corrected chi connectivity index (χ0v) is 13.7. The molecule has 0 aliphatic carbocycles. The van der Waals surface area contributed by atoms with Crippen LogP contribution in [0.25, 0.3) is 0 Å². The highest BCUT2D eigenvalue weighted by molar-refractivity contribution is 6.39. The van der Waals surface area contributed by atoms with Crippen molar-refractivity contribution < 1.29 is 4.79 Å². The van der Waals surface area contributed by atoms with Crippen LogP contribution in [0.5, 0.6) is 0 Å². The Balaban J connectivity index is 3.05. The van der Waals surface area contributed by atoms with Gasteiger partial charge >= 0.3 is 0 Å². The van der Waals surface area contributed by atoms with Crippen LogP contribution in [0.3, 0.4) is 0 Å². The molecule has 0 heterocycles. The number of benzene rings is 1. The molecule has 0 saturated heterocycles. The number of hydrogen-bond donors (Lipinski definition) is 1. The molecule has 22 heavy (non-hydrogen) atoms. The van der Waals surface area contributed by atoms with Gasteiger partial charge in [0.2, 0.25) is 0 Å². The fourth-order valence-corrected chi connectivity index (χ4v) is 2.03. The quantitative estimate of drug-likeness (QED) is 0.646. The summed E-state index contributed by atoms with van der Waals surface area (Å²) >= 11 is 0. The van der Waals surface area contributed by atoms with E-state index in [2.05, 4.69) is 23.3 Å². The van der Waals surface area contributed by atoms with E-state index in [0.29, 0.717) is 24.2 Å². The first-order chi connectivity index (χ1) is 10.5. The summed E-state index contributed by atoms with van der Waals surface area (Å²) in [5, 5.41) is 12.2. The van der Waals surface area contributed by atoms with Crippen molar-refractivity contribution in [2.45, 2.75) is 40.0 Å². The second-order valence-corrected chi connectivity index (χ2v) is 5.08. The van der Waals surface area contributed by atoms with Crippen LogP contribution in [-0.4, -0.2) is 18.7 Å². The van der Waals surface area contributed by atoms with Gasteiger partial charge in [0.15, 0.2) is 11.6 Å². The van der Waals surface area contributed by atoms with E-state index in [1.54, 1.807) is 13.1 Å². The molecule has 4 heteroatoms. The average Bonchev–Trinajstić information content (AvgIpc) is 2.57. The van der Waals surface area contributed by atoms with Crippen molar-refractivity contribution in [1.82, 2.24) is 5.32 Å². The maximum atomic E-state index is 11.9. The van der Waals surface area contributed by atoms with Crippen molar-refractivity contribution in [2.24, 2.45) is 4.99 Å². The Labute approximate surface area is 132 Å². The van der Waals surface area contributed by atoms with Gasteiger partial charge in [-0.3, -0.25) is 9.79 Å². The minimum atomic E-state index is -0.00493. The molecule has 1 N–H and O–H groups in total. The van der Waals surface area contributed by atoms with Crippen molar-refractivity contribution in [2.75, 3.05) is 7.05 Å². The number of nitrogens with one attached hydrogen (secondary N) is 1. The smallest absolute Gasteiger partial charge is 0.197 e. The summed E-state index contributed by atoms with van der Waals surface area (Å²) in [5.41, 5.74) is 3.82. The zero-order chi connectivity index (χ0) is 16.5. The van der Waals surface area contributed by atoms with E-state index < -0.39 is 0 Å². The number of nitriles is 1. The van der Waals surface area contributed by atoms with Crippen LogP contribution in [0.1, 0.15) is 44.7 Å². The number of aliphatic imine (C=N–C) groups is 1. The Morgan fingerprint density at radius 2 is 2.05 bits per heavy atom. The van der Waals surface area contributed by atoms with E-state index in [-0.39, 0.29) is 5.78 Å². The van der Waals surface area contributed by atoms with E-state index in [1.165, 1.54) is 5.57 Å². The molecular formula is C18H23N3O. The van der Waals surface area contributed by atoms with E-state index in [4.69, 9.17) is 5.26 Å². The lowest BCUT2D eigenvalue weighted by Gasteiger charge is -2.15. The summed E-state index contributed by atoms with van der Waals surface area (Å²) in [4.78, 5) is 15.9. The molecule has 0 atom stereocenters. The van der Waals surface area contributed by atoms with Gasteiger partial charge in [0.1, 0.15) is 0 Å². The molecule has 1 aromatic rings. The van der Waals surface area contributed by atoms with E-state index in [0.717, 1.165) is 17.7 Å². The summed E-state index contributed by atoms with van der Waals surface area (Å²) in [6.45, 7) is 5.94. The van der Waals surface area contributed by atoms with E-state index in [9.17, 15) is 4.79 Å². The standard InChI is InChI=1S/C18H23N3O/c1-5-13(3)16(21-18(20-4)17(22)6-2)11-14-8-7-9-15(10-14)12-19/h7-10H,5-6,11H2,1-4H3,(H,20,21)/b16-13+. The van der Waals surface area contributed by atoms with E-state index in [1.807, 2.05) is 32.0 Å². The van der Waals surface area contributed by atoms with Gasteiger partial charge in [-0.2, -0.15) is 5.26 Å². The van der Waals surface area contributed by atoms with Crippen LogP contribution in [0, 0.1) is 11.3 Å². The SMILES string of the molecule is CCC(=O)/C(=N/C)N/C(Cc1cccc(C#N)c1)=C(\C)CC. The molecule has 0 aliphatic heterocycles. The Kier molecular flexibility index (Phi) is 7.04. The lowest BCUT2D eigenvalue weighted by Crippen LogP contribution is -2.31. The van der Waals surface area contributed by atoms with Gasteiger partial charge in [0.25, 0.3) is 0 Å². The fourth-order valence-electron chi connectivity index (χ4n) is 2.03. The number of nitrogens with zero attached hydrogens (tertiary/aromatic N) is 2. The number of Topliss-reactive ketones (excluding diaryl/α,β-unsaturated/α-hetero) is 1. The summed E-state index contributed by atoms with van der Waals surface area (Å²) in [6.07, 6.45) is 1.95. The number of carbonyl (C=O) groups is 1. The highest BCUT2D eigenvalue weighted by atomic mass is 16.1. The number of hydrogen-bond acceptors (Lipinski definition) is 3. The van der Waals surface area contributed by atoms with Gasteiger partial charge in [0.05, 0.1) is 11.6 Å². The number of ketones is 1. The number of carbonyl (C=O) groups excluding carboxylic acids is 1. The van der Waals surface area contributed by atoms with Crippen molar-refractivity contribution in [3.05, 3.63) is 46.7 Å². The minimum absolute atomic E-state index is 0.00493. The molecule has 0 bridgehead atoms. The van der Waals surface area contributed by atoms with Crippen molar-refractivity contribution >= 4 is 11.6 Å². The third-order valence-corrected chi connectivity index (χ3v) is 3.56. The normalized spacial score (nSPS) is 12.4.